The van der Waals surface area contributed by atoms with Gasteiger partial charge in [0, 0.05) is 35.6 Å². The Hall–Kier alpha value is -0.580. The predicted molar refractivity (Wildman–Crippen MR) is 55.7 cm³/mol. The van der Waals surface area contributed by atoms with Crippen molar-refractivity contribution in [2.24, 2.45) is 0 Å². The van der Waals surface area contributed by atoms with Crippen LogP contribution in [0.25, 0.3) is 0 Å². The monoisotopic (exact) mass is 219 g/mol. The van der Waals surface area contributed by atoms with Crippen molar-refractivity contribution in [3.63, 3.8) is 0 Å². The zero-order valence-corrected chi connectivity index (χ0v) is 10.7. The standard InChI is InChI=1S/C10H12O4.Na/c11-9(12)6-8(10(13)14)7-4-2-1-3-5-7;/h4,6H,1-3,5H2,(H,11,12)(H,13,14);. The van der Waals surface area contributed by atoms with Crippen LogP contribution in [-0.2, 0) is 9.59 Å². The van der Waals surface area contributed by atoms with E-state index in [2.05, 4.69) is 0 Å². The number of carboxylic acid groups (broad SMARTS) is 2. The molecule has 0 aromatic rings. The normalized spacial score (nSPS) is 16.3. The molecule has 0 saturated carbocycles. The number of carboxylic acids is 2. The largest absolute Gasteiger partial charge is 0.478 e. The predicted octanol–water partition coefficient (Wildman–Crippen LogP) is 1.20. The van der Waals surface area contributed by atoms with E-state index >= 15 is 0 Å². The van der Waals surface area contributed by atoms with Crippen molar-refractivity contribution < 1.29 is 19.8 Å². The van der Waals surface area contributed by atoms with Crippen LogP contribution in [0, 0.1) is 0 Å². The van der Waals surface area contributed by atoms with Crippen LogP contribution < -0.4 is 0 Å². The van der Waals surface area contributed by atoms with Gasteiger partial charge in [0.2, 0.25) is 0 Å². The molecule has 0 saturated heterocycles. The number of allylic oxidation sites excluding steroid dienone is 1. The third-order valence-electron chi connectivity index (χ3n) is 2.14. The smallest absolute Gasteiger partial charge is 0.336 e. The van der Waals surface area contributed by atoms with Gasteiger partial charge in [0.25, 0.3) is 0 Å². The minimum absolute atomic E-state index is 0. The van der Waals surface area contributed by atoms with Crippen molar-refractivity contribution in [1.29, 1.82) is 0 Å². The summed E-state index contributed by atoms with van der Waals surface area (Å²) in [5.41, 5.74) is 0.559. The second-order valence-electron chi connectivity index (χ2n) is 3.18. The van der Waals surface area contributed by atoms with Crippen LogP contribution in [0.1, 0.15) is 25.7 Å². The van der Waals surface area contributed by atoms with Gasteiger partial charge < -0.3 is 10.2 Å². The van der Waals surface area contributed by atoms with Crippen LogP contribution >= 0.6 is 0 Å². The zero-order valence-electron chi connectivity index (χ0n) is 8.69. The fourth-order valence-corrected chi connectivity index (χ4v) is 1.50. The van der Waals surface area contributed by atoms with Gasteiger partial charge in [0.05, 0.1) is 5.57 Å². The molecule has 5 heteroatoms. The first-order valence-electron chi connectivity index (χ1n) is 4.48. The molecule has 0 atom stereocenters. The van der Waals surface area contributed by atoms with E-state index in [0.717, 1.165) is 25.3 Å². The molecule has 0 bridgehead atoms. The molecule has 4 nitrogen and oxygen atoms in total. The summed E-state index contributed by atoms with van der Waals surface area (Å²) in [5, 5.41) is 17.3. The summed E-state index contributed by atoms with van der Waals surface area (Å²) in [7, 11) is 0. The third-order valence-corrected chi connectivity index (χ3v) is 2.14. The van der Waals surface area contributed by atoms with Crippen molar-refractivity contribution in [1.82, 2.24) is 0 Å². The molecule has 0 unspecified atom stereocenters. The summed E-state index contributed by atoms with van der Waals surface area (Å²) in [4.78, 5) is 21.2. The van der Waals surface area contributed by atoms with Crippen LogP contribution in [0.5, 0.6) is 0 Å². The van der Waals surface area contributed by atoms with Crippen molar-refractivity contribution in [2.75, 3.05) is 0 Å². The average molecular weight is 219 g/mol. The van der Waals surface area contributed by atoms with Gasteiger partial charge in [-0.2, -0.15) is 0 Å². The molecule has 0 aliphatic heterocycles. The van der Waals surface area contributed by atoms with Gasteiger partial charge >= 0.3 is 11.9 Å². The maximum Gasteiger partial charge on any atom is 0.336 e. The minimum Gasteiger partial charge on any atom is -0.478 e. The van der Waals surface area contributed by atoms with Gasteiger partial charge in [0.15, 0.2) is 0 Å². The first kappa shape index (κ1) is 14.4. The summed E-state index contributed by atoms with van der Waals surface area (Å²) in [6, 6.07) is 0. The van der Waals surface area contributed by atoms with E-state index in [-0.39, 0.29) is 35.1 Å². The number of rotatable bonds is 3. The topological polar surface area (TPSA) is 74.6 Å². The first-order valence-corrected chi connectivity index (χ1v) is 4.48. The second-order valence-corrected chi connectivity index (χ2v) is 3.18. The van der Waals surface area contributed by atoms with E-state index in [4.69, 9.17) is 10.2 Å². The molecule has 0 aromatic carbocycles. The molecule has 0 heterocycles. The van der Waals surface area contributed by atoms with E-state index in [1.807, 2.05) is 6.08 Å². The van der Waals surface area contributed by atoms with E-state index < -0.39 is 11.9 Å². The van der Waals surface area contributed by atoms with Gasteiger partial charge in [0.1, 0.15) is 0 Å². The van der Waals surface area contributed by atoms with Crippen molar-refractivity contribution in [3.05, 3.63) is 23.3 Å². The molecule has 15 heavy (non-hydrogen) atoms. The van der Waals surface area contributed by atoms with Crippen molar-refractivity contribution in [2.45, 2.75) is 25.7 Å². The van der Waals surface area contributed by atoms with E-state index in [9.17, 15) is 9.59 Å². The summed E-state index contributed by atoms with van der Waals surface area (Å²) < 4.78 is 0. The van der Waals surface area contributed by atoms with E-state index in [1.54, 1.807) is 0 Å². The maximum atomic E-state index is 10.8. The van der Waals surface area contributed by atoms with Gasteiger partial charge in [-0.25, -0.2) is 9.59 Å². The van der Waals surface area contributed by atoms with Gasteiger partial charge in [-0.05, 0) is 31.3 Å². The Balaban J connectivity index is 0.00000196. The summed E-state index contributed by atoms with van der Waals surface area (Å²) in [6.07, 6.45) is 6.04. The number of hydrogen-bond acceptors (Lipinski definition) is 2. The summed E-state index contributed by atoms with van der Waals surface area (Å²) in [6.45, 7) is 0. The van der Waals surface area contributed by atoms with E-state index in [0.29, 0.717) is 12.0 Å². The minimum atomic E-state index is -1.21. The Kier molecular flexibility index (Phi) is 6.56. The zero-order chi connectivity index (χ0) is 10.6. The molecule has 0 spiro atoms. The SMILES string of the molecule is O=C(O)C=C(C(=O)O)C1=CCCCC1.[Na]. The Morgan fingerprint density at radius 1 is 1.27 bits per heavy atom. The van der Waals surface area contributed by atoms with Gasteiger partial charge in [-0.1, -0.05) is 6.08 Å². The second kappa shape index (κ2) is 6.82. The quantitative estimate of drug-likeness (QED) is 0.552. The average Bonchev–Trinajstić information content (AvgIpc) is 2.15. The number of carbonyl (C=O) groups is 2. The summed E-state index contributed by atoms with van der Waals surface area (Å²) in [5.74, 6) is -2.38. The first-order chi connectivity index (χ1) is 6.61. The molecule has 0 fully saturated rings. The van der Waals surface area contributed by atoms with Crippen LogP contribution in [0.3, 0.4) is 0 Å². The molecule has 1 radical (unpaired) electrons. The molecule has 1 aliphatic carbocycles. The molecular weight excluding hydrogens is 207 g/mol. The Morgan fingerprint density at radius 2 is 1.93 bits per heavy atom. The molecule has 1 rings (SSSR count). The Labute approximate surface area is 110 Å². The van der Waals surface area contributed by atoms with Crippen LogP contribution in [0.4, 0.5) is 0 Å². The van der Waals surface area contributed by atoms with Gasteiger partial charge in [-0.15, -0.1) is 0 Å². The fraction of sp³-hybridized carbons (Fsp3) is 0.400. The molecule has 1 aliphatic rings. The third kappa shape index (κ3) is 4.64. The van der Waals surface area contributed by atoms with Crippen molar-refractivity contribution in [3.8, 4) is 0 Å². The summed E-state index contributed by atoms with van der Waals surface area (Å²) >= 11 is 0. The van der Waals surface area contributed by atoms with E-state index in [1.165, 1.54) is 0 Å². The number of hydrogen-bond donors (Lipinski definition) is 2. The van der Waals surface area contributed by atoms with Crippen molar-refractivity contribution >= 4 is 41.5 Å². The van der Waals surface area contributed by atoms with Gasteiger partial charge in [-0.3, -0.25) is 0 Å². The molecule has 77 valence electrons. The van der Waals surface area contributed by atoms with Crippen LogP contribution in [0.15, 0.2) is 23.3 Å². The molecule has 0 amide bonds. The molecule has 0 aromatic heterocycles. The molecular formula is C10H12NaO4. The van der Waals surface area contributed by atoms with Crippen LogP contribution in [0.2, 0.25) is 0 Å². The molecule has 2 N–H and O–H groups in total. The Bertz CT molecular complexity index is 317. The Morgan fingerprint density at radius 3 is 2.33 bits per heavy atom. The fourth-order valence-electron chi connectivity index (χ4n) is 1.50. The van der Waals surface area contributed by atoms with Crippen LogP contribution in [-0.4, -0.2) is 51.7 Å². The number of aliphatic carboxylic acids is 2. The maximum absolute atomic E-state index is 10.8.